The summed E-state index contributed by atoms with van der Waals surface area (Å²) in [5.41, 5.74) is 0. The third-order valence-corrected chi connectivity index (χ3v) is 3.79. The van der Waals surface area contributed by atoms with Gasteiger partial charge in [0.05, 0.1) is 17.9 Å². The van der Waals surface area contributed by atoms with Crippen LogP contribution in [0.4, 0.5) is 4.79 Å². The van der Waals surface area contributed by atoms with E-state index in [0.717, 1.165) is 0 Å². The van der Waals surface area contributed by atoms with Gasteiger partial charge in [-0.1, -0.05) is 0 Å². The monoisotopic (exact) mass is 271 g/mol. The highest BCUT2D eigenvalue weighted by atomic mass is 32.2. The van der Waals surface area contributed by atoms with E-state index in [9.17, 15) is 9.59 Å². The lowest BCUT2D eigenvalue weighted by Gasteiger charge is -2.29. The van der Waals surface area contributed by atoms with E-state index in [1.807, 2.05) is 6.92 Å². The zero-order valence-corrected chi connectivity index (χ0v) is 11.3. The Morgan fingerprint density at radius 1 is 1.67 bits per heavy atom. The van der Waals surface area contributed by atoms with Gasteiger partial charge < -0.3 is 14.9 Å². The SMILES string of the molecule is CCN(CC(C)C#N)C(=O)N1CSCC1C(=O)O. The molecule has 1 fully saturated rings. The van der Waals surface area contributed by atoms with Gasteiger partial charge in [-0.15, -0.1) is 11.8 Å². The van der Waals surface area contributed by atoms with Crippen LogP contribution in [0.1, 0.15) is 13.8 Å². The van der Waals surface area contributed by atoms with Gasteiger partial charge in [-0.3, -0.25) is 0 Å². The van der Waals surface area contributed by atoms with Gasteiger partial charge >= 0.3 is 12.0 Å². The maximum Gasteiger partial charge on any atom is 0.327 e. The molecule has 1 rings (SSSR count). The van der Waals surface area contributed by atoms with Crippen molar-refractivity contribution in [1.82, 2.24) is 9.80 Å². The Labute approximate surface area is 111 Å². The zero-order chi connectivity index (χ0) is 13.7. The Hall–Kier alpha value is -1.42. The van der Waals surface area contributed by atoms with Crippen LogP contribution < -0.4 is 0 Å². The minimum Gasteiger partial charge on any atom is -0.480 e. The molecule has 6 nitrogen and oxygen atoms in total. The van der Waals surface area contributed by atoms with Crippen LogP contribution in [0, 0.1) is 17.2 Å². The van der Waals surface area contributed by atoms with Gasteiger partial charge in [-0.25, -0.2) is 9.59 Å². The van der Waals surface area contributed by atoms with E-state index in [2.05, 4.69) is 6.07 Å². The standard InChI is InChI=1S/C11H17N3O3S/c1-3-13(5-8(2)4-12)11(17)14-7-18-6-9(14)10(15)16/h8-9H,3,5-7H2,1-2H3,(H,15,16). The Kier molecular flexibility index (Phi) is 5.28. The average Bonchev–Trinajstić information content (AvgIpc) is 2.83. The van der Waals surface area contributed by atoms with Crippen molar-refractivity contribution in [2.45, 2.75) is 19.9 Å². The molecule has 0 radical (unpaired) electrons. The number of carbonyl (C=O) groups is 2. The Bertz CT molecular complexity index is 369. The number of nitriles is 1. The number of carboxylic acids is 1. The smallest absolute Gasteiger partial charge is 0.327 e. The fourth-order valence-corrected chi connectivity index (χ4v) is 2.87. The number of urea groups is 1. The van der Waals surface area contributed by atoms with Crippen LogP contribution in [0.25, 0.3) is 0 Å². The summed E-state index contributed by atoms with van der Waals surface area (Å²) in [5.74, 6) is -0.412. The lowest BCUT2D eigenvalue weighted by molar-refractivity contribution is -0.140. The van der Waals surface area contributed by atoms with Crippen molar-refractivity contribution in [2.24, 2.45) is 5.92 Å². The number of carbonyl (C=O) groups excluding carboxylic acids is 1. The molecule has 0 aromatic heterocycles. The quantitative estimate of drug-likeness (QED) is 0.826. The predicted molar refractivity (Wildman–Crippen MR) is 68.0 cm³/mol. The third kappa shape index (κ3) is 3.29. The molecule has 0 bridgehead atoms. The fourth-order valence-electron chi connectivity index (χ4n) is 1.73. The van der Waals surface area contributed by atoms with Gasteiger partial charge in [0.25, 0.3) is 0 Å². The Morgan fingerprint density at radius 2 is 2.33 bits per heavy atom. The number of carboxylic acid groups (broad SMARTS) is 1. The number of hydrogen-bond donors (Lipinski definition) is 1. The van der Waals surface area contributed by atoms with Crippen LogP contribution >= 0.6 is 11.8 Å². The van der Waals surface area contributed by atoms with Crippen molar-refractivity contribution in [1.29, 1.82) is 5.26 Å². The molecule has 0 saturated carbocycles. The summed E-state index contributed by atoms with van der Waals surface area (Å²) in [6.45, 7) is 4.36. The number of amides is 2. The molecule has 1 saturated heterocycles. The molecule has 2 atom stereocenters. The van der Waals surface area contributed by atoms with Crippen LogP contribution in [-0.4, -0.2) is 57.7 Å². The summed E-state index contributed by atoms with van der Waals surface area (Å²) >= 11 is 1.43. The fraction of sp³-hybridized carbons (Fsp3) is 0.727. The highest BCUT2D eigenvalue weighted by Crippen LogP contribution is 2.22. The topological polar surface area (TPSA) is 84.6 Å². The van der Waals surface area contributed by atoms with E-state index < -0.39 is 12.0 Å². The summed E-state index contributed by atoms with van der Waals surface area (Å²) in [7, 11) is 0. The molecule has 2 unspecified atom stereocenters. The maximum atomic E-state index is 12.2. The third-order valence-electron chi connectivity index (χ3n) is 2.78. The maximum absolute atomic E-state index is 12.2. The largest absolute Gasteiger partial charge is 0.480 e. The number of aliphatic carboxylic acids is 1. The number of hydrogen-bond acceptors (Lipinski definition) is 4. The lowest BCUT2D eigenvalue weighted by atomic mass is 10.2. The summed E-state index contributed by atoms with van der Waals surface area (Å²) in [4.78, 5) is 26.1. The first kappa shape index (κ1) is 14.6. The van der Waals surface area contributed by atoms with Crippen LogP contribution in [-0.2, 0) is 4.79 Å². The Morgan fingerprint density at radius 3 is 2.83 bits per heavy atom. The summed E-state index contributed by atoms with van der Waals surface area (Å²) in [5, 5.41) is 17.8. The predicted octanol–water partition coefficient (Wildman–Crippen LogP) is 1.05. The molecule has 18 heavy (non-hydrogen) atoms. The molecule has 0 aliphatic carbocycles. The number of nitrogens with zero attached hydrogens (tertiary/aromatic N) is 3. The highest BCUT2D eigenvalue weighted by molar-refractivity contribution is 7.99. The highest BCUT2D eigenvalue weighted by Gasteiger charge is 2.36. The van der Waals surface area contributed by atoms with Crippen LogP contribution in [0.3, 0.4) is 0 Å². The van der Waals surface area contributed by atoms with E-state index in [0.29, 0.717) is 24.7 Å². The summed E-state index contributed by atoms with van der Waals surface area (Å²) < 4.78 is 0. The molecule has 100 valence electrons. The second-order valence-electron chi connectivity index (χ2n) is 4.18. The van der Waals surface area contributed by atoms with Crippen molar-refractivity contribution >= 4 is 23.8 Å². The van der Waals surface area contributed by atoms with Crippen LogP contribution in [0.5, 0.6) is 0 Å². The van der Waals surface area contributed by atoms with Gasteiger partial charge in [0, 0.05) is 18.8 Å². The molecule has 2 amide bonds. The second-order valence-corrected chi connectivity index (χ2v) is 5.17. The van der Waals surface area contributed by atoms with Gasteiger partial charge in [0.1, 0.15) is 6.04 Å². The van der Waals surface area contributed by atoms with E-state index in [4.69, 9.17) is 10.4 Å². The molecule has 1 aliphatic rings. The van der Waals surface area contributed by atoms with E-state index >= 15 is 0 Å². The van der Waals surface area contributed by atoms with Gasteiger partial charge in [0.15, 0.2) is 0 Å². The van der Waals surface area contributed by atoms with Crippen molar-refractivity contribution in [3.63, 3.8) is 0 Å². The summed E-state index contributed by atoms with van der Waals surface area (Å²) in [6, 6.07) is 1.03. The van der Waals surface area contributed by atoms with Gasteiger partial charge in [0.2, 0.25) is 0 Å². The molecule has 1 aliphatic heterocycles. The van der Waals surface area contributed by atoms with Gasteiger partial charge in [-0.2, -0.15) is 5.26 Å². The second kappa shape index (κ2) is 6.50. The number of thioether (sulfide) groups is 1. The number of rotatable bonds is 4. The minimum atomic E-state index is -0.974. The molecule has 7 heteroatoms. The van der Waals surface area contributed by atoms with Gasteiger partial charge in [-0.05, 0) is 13.8 Å². The van der Waals surface area contributed by atoms with Crippen molar-refractivity contribution in [2.75, 3.05) is 24.7 Å². The van der Waals surface area contributed by atoms with E-state index in [-0.39, 0.29) is 11.9 Å². The first-order valence-corrected chi connectivity index (χ1v) is 6.92. The molecule has 0 aromatic rings. The first-order chi connectivity index (χ1) is 8.51. The lowest BCUT2D eigenvalue weighted by Crippen LogP contribution is -2.49. The average molecular weight is 271 g/mol. The zero-order valence-electron chi connectivity index (χ0n) is 10.5. The van der Waals surface area contributed by atoms with Crippen molar-refractivity contribution in [3.05, 3.63) is 0 Å². The van der Waals surface area contributed by atoms with E-state index in [1.165, 1.54) is 21.6 Å². The van der Waals surface area contributed by atoms with Crippen molar-refractivity contribution in [3.8, 4) is 6.07 Å². The minimum absolute atomic E-state index is 0.257. The van der Waals surface area contributed by atoms with Crippen molar-refractivity contribution < 1.29 is 14.7 Å². The summed E-state index contributed by atoms with van der Waals surface area (Å²) in [6.07, 6.45) is 0. The molecular weight excluding hydrogens is 254 g/mol. The molecule has 1 heterocycles. The Balaban J connectivity index is 2.72. The van der Waals surface area contributed by atoms with E-state index in [1.54, 1.807) is 6.92 Å². The van der Waals surface area contributed by atoms with Crippen LogP contribution in [0.2, 0.25) is 0 Å². The molecule has 0 aromatic carbocycles. The molecule has 1 N–H and O–H groups in total. The first-order valence-electron chi connectivity index (χ1n) is 5.77. The molecule has 0 spiro atoms. The molecular formula is C11H17N3O3S. The normalized spacial score (nSPS) is 20.3. The van der Waals surface area contributed by atoms with Crippen LogP contribution in [0.15, 0.2) is 0 Å².